The number of fused-ring (bicyclic) bond motifs is 1. The summed E-state index contributed by atoms with van der Waals surface area (Å²) >= 11 is 0. The first kappa shape index (κ1) is 16.5. The molecule has 2 aromatic carbocycles. The van der Waals surface area contributed by atoms with Crippen LogP contribution in [0.15, 0.2) is 47.3 Å². The second-order valence-corrected chi connectivity index (χ2v) is 5.31. The number of methoxy groups -OCH3 is 1. The van der Waals surface area contributed by atoms with Crippen LogP contribution in [-0.2, 0) is 11.8 Å². The standard InChI is InChI=1S/C18H14FNO5/c1-20-14-9-12(25-11-5-3-10(19)4-6-11)7-8-13(14)16(21)15(17(20)22)18(23)24-2/h3-9,21H,1-2H3. The molecule has 0 fully saturated rings. The predicted octanol–water partition coefficient (Wildman–Crippen LogP) is 2.96. The minimum atomic E-state index is -0.911. The third-order valence-corrected chi connectivity index (χ3v) is 3.78. The Morgan fingerprint density at radius 1 is 1.12 bits per heavy atom. The maximum atomic E-state index is 12.9. The van der Waals surface area contributed by atoms with Gasteiger partial charge in [-0.1, -0.05) is 0 Å². The van der Waals surface area contributed by atoms with Crippen LogP contribution in [0.5, 0.6) is 17.2 Å². The van der Waals surface area contributed by atoms with E-state index in [0.717, 1.165) is 7.11 Å². The van der Waals surface area contributed by atoms with Gasteiger partial charge >= 0.3 is 5.97 Å². The van der Waals surface area contributed by atoms with Crippen LogP contribution in [0, 0.1) is 5.82 Å². The molecule has 0 atom stereocenters. The zero-order chi connectivity index (χ0) is 18.1. The van der Waals surface area contributed by atoms with Gasteiger partial charge in [-0.05, 0) is 36.4 Å². The molecular weight excluding hydrogens is 329 g/mol. The molecule has 1 aromatic heterocycles. The van der Waals surface area contributed by atoms with Crippen molar-refractivity contribution in [3.63, 3.8) is 0 Å². The molecule has 0 radical (unpaired) electrons. The van der Waals surface area contributed by atoms with Crippen LogP contribution in [0.3, 0.4) is 0 Å². The number of hydrogen-bond acceptors (Lipinski definition) is 5. The van der Waals surface area contributed by atoms with Gasteiger partial charge in [0.25, 0.3) is 5.56 Å². The monoisotopic (exact) mass is 343 g/mol. The van der Waals surface area contributed by atoms with Crippen molar-refractivity contribution >= 4 is 16.9 Å². The maximum Gasteiger partial charge on any atom is 0.347 e. The van der Waals surface area contributed by atoms with E-state index < -0.39 is 22.8 Å². The Bertz CT molecular complexity index is 1020. The summed E-state index contributed by atoms with van der Waals surface area (Å²) in [5.41, 5.74) is -0.741. The third-order valence-electron chi connectivity index (χ3n) is 3.78. The number of carbonyl (C=O) groups excluding carboxylic acids is 1. The van der Waals surface area contributed by atoms with Gasteiger partial charge < -0.3 is 19.1 Å². The number of pyridine rings is 1. The van der Waals surface area contributed by atoms with E-state index in [1.54, 1.807) is 12.1 Å². The van der Waals surface area contributed by atoms with Gasteiger partial charge in [0.15, 0.2) is 5.56 Å². The topological polar surface area (TPSA) is 77.8 Å². The molecular formula is C18H14FNO5. The van der Waals surface area contributed by atoms with E-state index in [-0.39, 0.29) is 5.82 Å². The van der Waals surface area contributed by atoms with E-state index >= 15 is 0 Å². The minimum absolute atomic E-state index is 0.300. The predicted molar refractivity (Wildman–Crippen MR) is 88.7 cm³/mol. The van der Waals surface area contributed by atoms with Crippen LogP contribution >= 0.6 is 0 Å². The number of aromatic nitrogens is 1. The highest BCUT2D eigenvalue weighted by Gasteiger charge is 2.22. The van der Waals surface area contributed by atoms with Gasteiger partial charge in [-0.2, -0.15) is 0 Å². The smallest absolute Gasteiger partial charge is 0.347 e. The summed E-state index contributed by atoms with van der Waals surface area (Å²) in [6, 6.07) is 10.1. The lowest BCUT2D eigenvalue weighted by atomic mass is 10.1. The lowest BCUT2D eigenvalue weighted by Crippen LogP contribution is -2.25. The molecule has 128 valence electrons. The van der Waals surface area contributed by atoms with Crippen LogP contribution in [0.1, 0.15) is 10.4 Å². The van der Waals surface area contributed by atoms with Crippen LogP contribution < -0.4 is 10.3 Å². The van der Waals surface area contributed by atoms with Crippen LogP contribution in [0.25, 0.3) is 10.9 Å². The Hall–Kier alpha value is -3.35. The fourth-order valence-corrected chi connectivity index (χ4v) is 2.49. The van der Waals surface area contributed by atoms with E-state index in [1.165, 1.54) is 41.9 Å². The Morgan fingerprint density at radius 2 is 1.76 bits per heavy atom. The second-order valence-electron chi connectivity index (χ2n) is 5.31. The number of ether oxygens (including phenoxy) is 2. The average Bonchev–Trinajstić information content (AvgIpc) is 2.61. The molecule has 3 rings (SSSR count). The quantitative estimate of drug-likeness (QED) is 0.740. The number of halogens is 1. The Morgan fingerprint density at radius 3 is 2.40 bits per heavy atom. The lowest BCUT2D eigenvalue weighted by Gasteiger charge is -2.12. The van der Waals surface area contributed by atoms with Crippen molar-refractivity contribution < 1.29 is 23.8 Å². The number of carbonyl (C=O) groups is 1. The van der Waals surface area contributed by atoms with Crippen molar-refractivity contribution in [2.75, 3.05) is 7.11 Å². The maximum absolute atomic E-state index is 12.9. The SMILES string of the molecule is COC(=O)c1c(O)c2ccc(Oc3ccc(F)cc3)cc2n(C)c1=O. The first-order valence-corrected chi connectivity index (χ1v) is 7.30. The molecule has 25 heavy (non-hydrogen) atoms. The molecule has 1 heterocycles. The molecule has 3 aromatic rings. The van der Waals surface area contributed by atoms with Crippen molar-refractivity contribution in [3.05, 3.63) is 64.2 Å². The average molecular weight is 343 g/mol. The highest BCUT2D eigenvalue weighted by molar-refractivity contribution is 5.99. The molecule has 7 heteroatoms. The number of esters is 1. The fourth-order valence-electron chi connectivity index (χ4n) is 2.49. The number of hydrogen-bond donors (Lipinski definition) is 1. The third kappa shape index (κ3) is 2.91. The molecule has 1 N–H and O–H groups in total. The minimum Gasteiger partial charge on any atom is -0.506 e. The highest BCUT2D eigenvalue weighted by Crippen LogP contribution is 2.31. The van der Waals surface area contributed by atoms with Gasteiger partial charge in [0.05, 0.1) is 12.6 Å². The first-order chi connectivity index (χ1) is 11.9. The number of aryl methyl sites for hydroxylation is 1. The number of rotatable bonds is 3. The summed E-state index contributed by atoms with van der Waals surface area (Å²) in [6.45, 7) is 0. The molecule has 0 aliphatic heterocycles. The molecule has 0 amide bonds. The second kappa shape index (κ2) is 6.27. The van der Waals surface area contributed by atoms with Crippen LogP contribution in [-0.4, -0.2) is 22.8 Å². The number of aromatic hydroxyl groups is 1. The zero-order valence-corrected chi connectivity index (χ0v) is 13.4. The van der Waals surface area contributed by atoms with Crippen molar-refractivity contribution in [2.24, 2.45) is 7.05 Å². The summed E-state index contributed by atoms with van der Waals surface area (Å²) in [5, 5.41) is 10.6. The highest BCUT2D eigenvalue weighted by atomic mass is 19.1. The van der Waals surface area contributed by atoms with Gasteiger partial charge in [-0.3, -0.25) is 4.79 Å². The Kier molecular flexibility index (Phi) is 4.14. The van der Waals surface area contributed by atoms with Gasteiger partial charge in [-0.15, -0.1) is 0 Å². The Balaban J connectivity index is 2.12. The summed E-state index contributed by atoms with van der Waals surface area (Å²) < 4.78 is 24.3. The molecule has 6 nitrogen and oxygen atoms in total. The summed E-state index contributed by atoms with van der Waals surface area (Å²) in [7, 11) is 2.60. The normalized spacial score (nSPS) is 10.7. The van der Waals surface area contributed by atoms with Gasteiger partial charge in [0.1, 0.15) is 23.1 Å². The van der Waals surface area contributed by atoms with E-state index in [4.69, 9.17) is 4.74 Å². The number of benzene rings is 2. The van der Waals surface area contributed by atoms with Crippen LogP contribution in [0.4, 0.5) is 4.39 Å². The van der Waals surface area contributed by atoms with E-state index in [2.05, 4.69) is 4.74 Å². The molecule has 0 aliphatic carbocycles. The molecule has 0 aliphatic rings. The first-order valence-electron chi connectivity index (χ1n) is 7.30. The van der Waals surface area contributed by atoms with Gasteiger partial charge in [0.2, 0.25) is 0 Å². The summed E-state index contributed by atoms with van der Waals surface area (Å²) in [5.74, 6) is -0.932. The zero-order valence-electron chi connectivity index (χ0n) is 13.4. The van der Waals surface area contributed by atoms with Crippen molar-refractivity contribution in [1.82, 2.24) is 4.57 Å². The van der Waals surface area contributed by atoms with Crippen LogP contribution in [0.2, 0.25) is 0 Å². The largest absolute Gasteiger partial charge is 0.506 e. The Labute approximate surface area is 141 Å². The molecule has 0 unspecified atom stereocenters. The van der Waals surface area contributed by atoms with Crippen molar-refractivity contribution in [1.29, 1.82) is 0 Å². The lowest BCUT2D eigenvalue weighted by molar-refractivity contribution is 0.0595. The summed E-state index contributed by atoms with van der Waals surface area (Å²) in [6.07, 6.45) is 0. The van der Waals surface area contributed by atoms with E-state index in [9.17, 15) is 19.1 Å². The molecule has 0 spiro atoms. The van der Waals surface area contributed by atoms with Crippen molar-refractivity contribution in [2.45, 2.75) is 0 Å². The molecule has 0 saturated carbocycles. The molecule has 0 saturated heterocycles. The van der Waals surface area contributed by atoms with E-state index in [1.807, 2.05) is 0 Å². The van der Waals surface area contributed by atoms with Gasteiger partial charge in [-0.25, -0.2) is 9.18 Å². The van der Waals surface area contributed by atoms with E-state index in [0.29, 0.717) is 22.4 Å². The van der Waals surface area contributed by atoms with Gasteiger partial charge in [0, 0.05) is 18.5 Å². The fraction of sp³-hybridized carbons (Fsp3) is 0.111. The van der Waals surface area contributed by atoms with Crippen molar-refractivity contribution in [3.8, 4) is 17.2 Å². The molecule has 0 bridgehead atoms. The number of nitrogens with zero attached hydrogens (tertiary/aromatic N) is 1. The summed E-state index contributed by atoms with van der Waals surface area (Å²) in [4.78, 5) is 24.1.